The molecule has 0 saturated carbocycles. The molecule has 2 heterocycles. The molecule has 6 rings (SSSR count). The summed E-state index contributed by atoms with van der Waals surface area (Å²) >= 11 is 0. The number of aliphatic hydroxyl groups is 3. The van der Waals surface area contributed by atoms with Crippen molar-refractivity contribution in [1.82, 2.24) is 9.80 Å². The molecule has 0 radical (unpaired) electrons. The van der Waals surface area contributed by atoms with Gasteiger partial charge in [0.2, 0.25) is 5.78 Å². The van der Waals surface area contributed by atoms with Gasteiger partial charge in [-0.2, -0.15) is 0 Å². The summed E-state index contributed by atoms with van der Waals surface area (Å²) in [5.74, 6) is -2.25. The molecule has 4 aliphatic rings. The number of ketones is 2. The number of nitrogens with zero attached hydrogens (tertiary/aromatic N) is 2. The molecule has 5 N–H and O–H groups in total. The van der Waals surface area contributed by atoms with Gasteiger partial charge in [0.15, 0.2) is 18.4 Å². The van der Waals surface area contributed by atoms with Crippen molar-refractivity contribution in [2.24, 2.45) is 0 Å². The Morgan fingerprint density at radius 1 is 0.857 bits per heavy atom. The van der Waals surface area contributed by atoms with E-state index in [1.165, 1.54) is 24.3 Å². The van der Waals surface area contributed by atoms with E-state index >= 15 is 0 Å². The third-order valence-electron chi connectivity index (χ3n) is 10.9. The number of aliphatic hydroxyl groups excluding tert-OH is 2. The molecule has 13 nitrogen and oxygen atoms in total. The Morgan fingerprint density at radius 2 is 1.43 bits per heavy atom. The van der Waals surface area contributed by atoms with Gasteiger partial charge in [-0.1, -0.05) is 19.1 Å². The fraction of sp³-hybridized carbons (Fsp3) is 0.611. The number of hydrogen-bond acceptors (Lipinski definition) is 13. The largest absolute Gasteiger partial charge is 0.507 e. The lowest BCUT2D eigenvalue weighted by Gasteiger charge is -2.48. The fourth-order valence-corrected chi connectivity index (χ4v) is 7.94. The fourth-order valence-electron chi connectivity index (χ4n) is 7.94. The maximum Gasteiger partial charge on any atom is 0.201 e. The van der Waals surface area contributed by atoms with E-state index in [2.05, 4.69) is 0 Å². The van der Waals surface area contributed by atoms with Crippen LogP contribution in [-0.4, -0.2) is 130 Å². The van der Waals surface area contributed by atoms with Crippen LogP contribution in [0.1, 0.15) is 102 Å². The van der Waals surface area contributed by atoms with E-state index in [-0.39, 0.29) is 59.2 Å². The van der Waals surface area contributed by atoms with Crippen molar-refractivity contribution >= 4 is 11.6 Å². The second-order valence-electron chi connectivity index (χ2n) is 14.4. The SMILES string of the molecule is CC[C@@]1(O)C[C@@H](O[C@H]2C[C@H](N(C)C)[C@@H](O)[C@@H](C)O2)c2cc3c(c(O)c2[C@H]1O[C@H]1C[C@@H](N(C)C)[C@H](O)[C@@H](C)O1)C(=O)c1c(O)cccc1C3=O. The highest BCUT2D eigenvalue weighted by molar-refractivity contribution is 6.30. The Kier molecular flexibility index (Phi) is 9.72. The minimum atomic E-state index is -1.66. The Labute approximate surface area is 285 Å². The van der Waals surface area contributed by atoms with Gasteiger partial charge in [-0.05, 0) is 66.2 Å². The van der Waals surface area contributed by atoms with E-state index in [0.717, 1.165) is 0 Å². The van der Waals surface area contributed by atoms with Gasteiger partial charge in [0, 0.05) is 48.0 Å². The highest BCUT2D eigenvalue weighted by atomic mass is 16.7. The minimum absolute atomic E-state index is 0.00752. The van der Waals surface area contributed by atoms with Crippen LogP contribution in [0.25, 0.3) is 0 Å². The molecule has 0 bridgehead atoms. The average Bonchev–Trinajstić information content (AvgIpc) is 3.04. The van der Waals surface area contributed by atoms with Crippen LogP contribution in [0.3, 0.4) is 0 Å². The van der Waals surface area contributed by atoms with E-state index in [9.17, 15) is 35.1 Å². The summed E-state index contributed by atoms with van der Waals surface area (Å²) in [6, 6.07) is 5.12. The van der Waals surface area contributed by atoms with Crippen LogP contribution in [0.15, 0.2) is 24.3 Å². The van der Waals surface area contributed by atoms with Gasteiger partial charge >= 0.3 is 0 Å². The molecular formula is C36H48N2O11. The quantitative estimate of drug-likeness (QED) is 0.245. The third-order valence-corrected chi connectivity index (χ3v) is 10.9. The first kappa shape index (κ1) is 35.8. The van der Waals surface area contributed by atoms with Crippen LogP contribution in [-0.2, 0) is 18.9 Å². The Bertz CT molecular complexity index is 1610. The first-order valence-electron chi connectivity index (χ1n) is 16.9. The molecule has 268 valence electrons. The summed E-state index contributed by atoms with van der Waals surface area (Å²) < 4.78 is 25.3. The van der Waals surface area contributed by atoms with Crippen molar-refractivity contribution in [2.45, 2.75) is 113 Å². The summed E-state index contributed by atoms with van der Waals surface area (Å²) in [4.78, 5) is 31.6. The molecule has 13 heteroatoms. The number of aromatic hydroxyl groups is 2. The molecule has 2 aliphatic heterocycles. The maximum absolute atomic E-state index is 14.0. The van der Waals surface area contributed by atoms with E-state index in [1.807, 2.05) is 38.0 Å². The van der Waals surface area contributed by atoms with Gasteiger partial charge in [-0.15, -0.1) is 0 Å². The molecule has 0 unspecified atom stereocenters. The Morgan fingerprint density at radius 3 is 1.98 bits per heavy atom. The van der Waals surface area contributed by atoms with Crippen LogP contribution < -0.4 is 0 Å². The Hall–Kier alpha value is -2.98. The van der Waals surface area contributed by atoms with Gasteiger partial charge < -0.3 is 54.3 Å². The number of carbonyl (C=O) groups is 2. The first-order valence-corrected chi connectivity index (χ1v) is 16.9. The predicted octanol–water partition coefficient (Wildman–Crippen LogP) is 2.39. The molecule has 2 fully saturated rings. The lowest BCUT2D eigenvalue weighted by Crippen LogP contribution is -2.55. The molecular weight excluding hydrogens is 636 g/mol. The van der Waals surface area contributed by atoms with Crippen LogP contribution in [0.5, 0.6) is 11.5 Å². The van der Waals surface area contributed by atoms with E-state index in [1.54, 1.807) is 20.8 Å². The van der Waals surface area contributed by atoms with Crippen molar-refractivity contribution in [3.63, 3.8) is 0 Å². The predicted molar refractivity (Wildman–Crippen MR) is 175 cm³/mol. The second-order valence-corrected chi connectivity index (χ2v) is 14.4. The van der Waals surface area contributed by atoms with Gasteiger partial charge in [0.1, 0.15) is 17.6 Å². The molecule has 2 saturated heterocycles. The number of phenolic OH excluding ortho intramolecular Hbond substituents is 2. The molecule has 11 atom stereocenters. The van der Waals surface area contributed by atoms with Crippen molar-refractivity contribution in [3.8, 4) is 11.5 Å². The van der Waals surface area contributed by atoms with Crippen LogP contribution in [0.2, 0.25) is 0 Å². The van der Waals surface area contributed by atoms with Gasteiger partial charge in [-0.3, -0.25) is 9.59 Å². The summed E-state index contributed by atoms with van der Waals surface area (Å²) in [7, 11) is 7.39. The number of phenols is 2. The zero-order valence-electron chi connectivity index (χ0n) is 29.0. The third kappa shape index (κ3) is 6.08. The zero-order chi connectivity index (χ0) is 35.7. The van der Waals surface area contributed by atoms with Crippen molar-refractivity contribution < 1.29 is 54.1 Å². The summed E-state index contributed by atoms with van der Waals surface area (Å²) in [5, 5.41) is 56.7. The number of rotatable bonds is 7. The molecule has 2 aliphatic carbocycles. The smallest absolute Gasteiger partial charge is 0.201 e. The van der Waals surface area contributed by atoms with Gasteiger partial charge in [0.05, 0.1) is 47.2 Å². The average molecular weight is 685 g/mol. The summed E-state index contributed by atoms with van der Waals surface area (Å²) in [5.41, 5.74) is -1.84. The molecule has 2 aromatic carbocycles. The van der Waals surface area contributed by atoms with Crippen LogP contribution in [0, 0.1) is 0 Å². The second kappa shape index (κ2) is 13.3. The zero-order valence-corrected chi connectivity index (χ0v) is 29.0. The van der Waals surface area contributed by atoms with Crippen LogP contribution >= 0.6 is 0 Å². The van der Waals surface area contributed by atoms with E-state index in [0.29, 0.717) is 12.0 Å². The lowest BCUT2D eigenvalue weighted by atomic mass is 9.71. The molecule has 2 aromatic rings. The first-order chi connectivity index (χ1) is 23.1. The number of fused-ring (bicyclic) bond motifs is 3. The molecule has 0 amide bonds. The highest BCUT2D eigenvalue weighted by Crippen LogP contribution is 2.55. The maximum atomic E-state index is 14.0. The van der Waals surface area contributed by atoms with Gasteiger partial charge in [-0.25, -0.2) is 0 Å². The van der Waals surface area contributed by atoms with Gasteiger partial charge in [0.25, 0.3) is 0 Å². The standard InChI is InChI=1S/C36H48N2O11/c1-8-36(45)15-24(48-25-13-21(37(4)5)30(40)16(2)46-25)19-12-20-28(33(43)27-18(32(20)42)10-9-11-23(27)39)34(44)29(19)35(36)49-26-14-22(38(6)7)31(41)17(3)47-26/h9-12,16-17,21-22,24-26,30-31,35,39-41,44-45H,8,13-15H2,1-7H3/t16-,17-,21+,22-,24-,25+,26+,30+,31-,35-,36-/m1/s1. The van der Waals surface area contributed by atoms with Crippen LogP contribution in [0.4, 0.5) is 0 Å². The van der Waals surface area contributed by atoms with Crippen molar-refractivity contribution in [2.75, 3.05) is 28.2 Å². The highest BCUT2D eigenvalue weighted by Gasteiger charge is 2.52. The topological polar surface area (TPSA) is 179 Å². The summed E-state index contributed by atoms with van der Waals surface area (Å²) in [6.45, 7) is 5.25. The number of hydrogen-bond donors (Lipinski definition) is 5. The number of carbonyl (C=O) groups excluding carboxylic acids is 2. The molecule has 0 spiro atoms. The lowest BCUT2D eigenvalue weighted by molar-refractivity contribution is -0.289. The number of likely N-dealkylation sites (N-methyl/N-ethyl adjacent to an activating group) is 2. The molecule has 49 heavy (non-hydrogen) atoms. The van der Waals surface area contributed by atoms with Crippen molar-refractivity contribution in [1.29, 1.82) is 0 Å². The van der Waals surface area contributed by atoms with Crippen molar-refractivity contribution in [3.05, 3.63) is 57.6 Å². The minimum Gasteiger partial charge on any atom is -0.507 e. The number of ether oxygens (including phenoxy) is 4. The molecule has 0 aromatic heterocycles. The summed E-state index contributed by atoms with van der Waals surface area (Å²) in [6.07, 6.45) is -5.98. The Balaban J connectivity index is 1.48. The van der Waals surface area contributed by atoms with E-state index in [4.69, 9.17) is 18.9 Å². The normalized spacial score (nSPS) is 36.1. The van der Waals surface area contributed by atoms with E-state index < -0.39 is 77.9 Å². The monoisotopic (exact) mass is 684 g/mol. The number of benzene rings is 2.